The van der Waals surface area contributed by atoms with E-state index in [1.807, 2.05) is 19.0 Å². The lowest BCUT2D eigenvalue weighted by atomic mass is 9.91. The molecule has 5 heteroatoms. The van der Waals surface area contributed by atoms with Crippen LogP contribution in [0.25, 0.3) is 0 Å². The first-order chi connectivity index (χ1) is 7.73. The molecule has 0 saturated carbocycles. The Balaban J connectivity index is 4.69. The molecule has 0 atom stereocenters. The number of likely N-dealkylation sites (N-methyl/N-ethyl adjacent to an activating group) is 1. The molecule has 0 heterocycles. The van der Waals surface area contributed by atoms with E-state index < -0.39 is 5.41 Å². The first-order valence-corrected chi connectivity index (χ1v) is 6.38. The minimum atomic E-state index is -0.753. The Kier molecular flexibility index (Phi) is 6.64. The van der Waals surface area contributed by atoms with E-state index in [-0.39, 0.29) is 10.9 Å². The first kappa shape index (κ1) is 16.3. The van der Waals surface area contributed by atoms with Gasteiger partial charge in [0.05, 0.1) is 10.4 Å². The Morgan fingerprint density at radius 3 is 2.12 bits per heavy atom. The van der Waals surface area contributed by atoms with E-state index in [9.17, 15) is 4.79 Å². The topological polar surface area (TPSA) is 49.6 Å². The van der Waals surface area contributed by atoms with Crippen LogP contribution in [0.15, 0.2) is 0 Å². The molecule has 100 valence electrons. The van der Waals surface area contributed by atoms with Gasteiger partial charge in [0.15, 0.2) is 0 Å². The largest absolute Gasteiger partial charge is 0.392 e. The quantitative estimate of drug-likeness (QED) is 0.696. The van der Waals surface area contributed by atoms with Crippen molar-refractivity contribution in [2.24, 2.45) is 11.1 Å². The van der Waals surface area contributed by atoms with Crippen LogP contribution in [0, 0.1) is 5.41 Å². The Bertz CT molecular complexity index is 277. The number of hydrogen-bond donors (Lipinski definition) is 1. The number of nitrogens with two attached hydrogens (primary N) is 1. The molecule has 0 bridgehead atoms. The molecule has 17 heavy (non-hydrogen) atoms. The molecule has 0 saturated heterocycles. The van der Waals surface area contributed by atoms with E-state index in [2.05, 4.69) is 11.8 Å². The lowest BCUT2D eigenvalue weighted by molar-refractivity contribution is -0.137. The summed E-state index contributed by atoms with van der Waals surface area (Å²) in [6.07, 6.45) is 0.937. The van der Waals surface area contributed by atoms with Gasteiger partial charge in [-0.2, -0.15) is 0 Å². The summed E-state index contributed by atoms with van der Waals surface area (Å²) in [5.41, 5.74) is 4.88. The summed E-state index contributed by atoms with van der Waals surface area (Å²) in [5, 5.41) is 0. The van der Waals surface area contributed by atoms with Crippen molar-refractivity contribution >= 4 is 23.1 Å². The highest BCUT2D eigenvalue weighted by Crippen LogP contribution is 2.19. The number of hydrogen-bond acceptors (Lipinski definition) is 3. The highest BCUT2D eigenvalue weighted by Gasteiger charge is 2.34. The molecular weight excluding hydrogens is 234 g/mol. The number of nitrogens with zero attached hydrogens (tertiary/aromatic N) is 2. The van der Waals surface area contributed by atoms with E-state index >= 15 is 0 Å². The van der Waals surface area contributed by atoms with E-state index in [1.54, 1.807) is 13.8 Å². The summed E-state index contributed by atoms with van der Waals surface area (Å²) in [5.74, 6) is 0.0219. The third kappa shape index (κ3) is 5.00. The zero-order valence-corrected chi connectivity index (χ0v) is 12.4. The summed E-state index contributed by atoms with van der Waals surface area (Å²) >= 11 is 4.97. The van der Waals surface area contributed by atoms with E-state index in [0.29, 0.717) is 6.54 Å². The number of carbonyl (C=O) groups is 1. The number of amides is 1. The van der Waals surface area contributed by atoms with Gasteiger partial charge < -0.3 is 15.5 Å². The molecule has 0 aliphatic carbocycles. The van der Waals surface area contributed by atoms with Crippen LogP contribution in [-0.4, -0.2) is 54.4 Å². The highest BCUT2D eigenvalue weighted by atomic mass is 32.1. The van der Waals surface area contributed by atoms with Gasteiger partial charge in [0.2, 0.25) is 5.91 Å². The summed E-state index contributed by atoms with van der Waals surface area (Å²) in [7, 11) is 3.99. The zero-order chi connectivity index (χ0) is 13.6. The third-order valence-corrected chi connectivity index (χ3v) is 3.26. The molecule has 0 aromatic carbocycles. The summed E-state index contributed by atoms with van der Waals surface area (Å²) < 4.78 is 0. The van der Waals surface area contributed by atoms with Gasteiger partial charge in [-0.3, -0.25) is 4.79 Å². The van der Waals surface area contributed by atoms with Gasteiger partial charge in [-0.15, -0.1) is 0 Å². The average molecular weight is 259 g/mol. The maximum absolute atomic E-state index is 12.3. The predicted octanol–water partition coefficient (Wildman–Crippen LogP) is 1.10. The average Bonchev–Trinajstić information content (AvgIpc) is 2.22. The SMILES string of the molecule is CCCN(CCN(C)C)C(=O)C(C)(C)C(N)=S. The maximum atomic E-state index is 12.3. The van der Waals surface area contributed by atoms with Crippen LogP contribution in [0.1, 0.15) is 27.2 Å². The highest BCUT2D eigenvalue weighted by molar-refractivity contribution is 7.80. The molecule has 2 N–H and O–H groups in total. The number of carbonyl (C=O) groups excluding carboxylic acids is 1. The smallest absolute Gasteiger partial charge is 0.235 e. The summed E-state index contributed by atoms with van der Waals surface area (Å²) in [6, 6.07) is 0. The fourth-order valence-electron chi connectivity index (χ4n) is 1.41. The van der Waals surface area contributed by atoms with Gasteiger partial charge in [0, 0.05) is 19.6 Å². The van der Waals surface area contributed by atoms with Crippen LogP contribution in [-0.2, 0) is 4.79 Å². The molecule has 0 aliphatic rings. The molecular formula is C12H25N3OS. The lowest BCUT2D eigenvalue weighted by Crippen LogP contribution is -2.49. The van der Waals surface area contributed by atoms with Gasteiger partial charge in [0.1, 0.15) is 0 Å². The van der Waals surface area contributed by atoms with Crippen molar-refractivity contribution in [2.75, 3.05) is 33.7 Å². The van der Waals surface area contributed by atoms with Crippen LogP contribution < -0.4 is 5.73 Å². The van der Waals surface area contributed by atoms with Crippen LogP contribution in [0.4, 0.5) is 0 Å². The Labute approximate surface area is 110 Å². The molecule has 0 aromatic rings. The van der Waals surface area contributed by atoms with Gasteiger partial charge in [-0.1, -0.05) is 19.1 Å². The summed E-state index contributed by atoms with van der Waals surface area (Å²) in [6.45, 7) is 7.94. The molecule has 0 radical (unpaired) electrons. The summed E-state index contributed by atoms with van der Waals surface area (Å²) in [4.78, 5) is 16.5. The normalized spacial score (nSPS) is 11.6. The standard InChI is InChI=1S/C12H25N3OS/c1-6-7-15(9-8-14(4)5)11(16)12(2,3)10(13)17/h6-9H2,1-5H3,(H2,13,17). The predicted molar refractivity (Wildman–Crippen MR) is 76.0 cm³/mol. The first-order valence-electron chi connectivity index (χ1n) is 5.97. The van der Waals surface area contributed by atoms with Crippen molar-refractivity contribution in [2.45, 2.75) is 27.2 Å². The number of thiocarbonyl (C=S) groups is 1. The Hall–Kier alpha value is -0.680. The van der Waals surface area contributed by atoms with Crippen molar-refractivity contribution in [3.63, 3.8) is 0 Å². The van der Waals surface area contributed by atoms with Gasteiger partial charge in [-0.05, 0) is 34.4 Å². The van der Waals surface area contributed by atoms with Crippen LogP contribution in [0.3, 0.4) is 0 Å². The van der Waals surface area contributed by atoms with Crippen molar-refractivity contribution in [3.8, 4) is 0 Å². The second kappa shape index (κ2) is 6.91. The Morgan fingerprint density at radius 1 is 1.24 bits per heavy atom. The monoisotopic (exact) mass is 259 g/mol. The van der Waals surface area contributed by atoms with Crippen molar-refractivity contribution < 1.29 is 4.79 Å². The fourth-order valence-corrected chi connectivity index (χ4v) is 1.49. The van der Waals surface area contributed by atoms with Crippen molar-refractivity contribution in [1.82, 2.24) is 9.80 Å². The van der Waals surface area contributed by atoms with Crippen molar-refractivity contribution in [1.29, 1.82) is 0 Å². The van der Waals surface area contributed by atoms with Crippen molar-refractivity contribution in [3.05, 3.63) is 0 Å². The van der Waals surface area contributed by atoms with Gasteiger partial charge in [0.25, 0.3) is 0 Å². The third-order valence-electron chi connectivity index (χ3n) is 2.75. The van der Waals surface area contributed by atoms with Crippen LogP contribution in [0.5, 0.6) is 0 Å². The van der Waals surface area contributed by atoms with Gasteiger partial charge in [-0.25, -0.2) is 0 Å². The van der Waals surface area contributed by atoms with Crippen LogP contribution in [0.2, 0.25) is 0 Å². The molecule has 0 spiro atoms. The second-order valence-corrected chi connectivity index (χ2v) is 5.52. The molecule has 4 nitrogen and oxygen atoms in total. The minimum absolute atomic E-state index is 0.0219. The lowest BCUT2D eigenvalue weighted by Gasteiger charge is -2.31. The van der Waals surface area contributed by atoms with E-state index in [0.717, 1.165) is 19.5 Å². The molecule has 1 amide bonds. The maximum Gasteiger partial charge on any atom is 0.235 e. The molecule has 0 unspecified atom stereocenters. The molecule has 0 rings (SSSR count). The van der Waals surface area contributed by atoms with E-state index in [1.165, 1.54) is 0 Å². The Morgan fingerprint density at radius 2 is 1.76 bits per heavy atom. The van der Waals surface area contributed by atoms with Crippen LogP contribution >= 0.6 is 12.2 Å². The zero-order valence-electron chi connectivity index (χ0n) is 11.6. The minimum Gasteiger partial charge on any atom is -0.392 e. The second-order valence-electron chi connectivity index (χ2n) is 5.08. The van der Waals surface area contributed by atoms with Gasteiger partial charge >= 0.3 is 0 Å². The number of rotatable bonds is 7. The molecule has 0 fully saturated rings. The molecule has 0 aliphatic heterocycles. The van der Waals surface area contributed by atoms with E-state index in [4.69, 9.17) is 18.0 Å². The molecule has 0 aromatic heterocycles. The fraction of sp³-hybridized carbons (Fsp3) is 0.833.